The van der Waals surface area contributed by atoms with Crippen LogP contribution in [-0.2, 0) is 60.7 Å². The number of benzene rings is 5. The maximum Gasteiger partial charge on any atom is 1.00 e. The Bertz CT molecular complexity index is 4690. The van der Waals surface area contributed by atoms with Crippen molar-refractivity contribution in [2.75, 3.05) is 32.4 Å². The predicted octanol–water partition coefficient (Wildman–Crippen LogP) is -14.6. The zero-order chi connectivity index (χ0) is 60.1. The van der Waals surface area contributed by atoms with Gasteiger partial charge in [0, 0.05) is 22.7 Å². The monoisotopic (exact) mass is 1420 g/mol. The number of allylic oxidation sites excluding steroid dienone is 1. The second kappa shape index (κ2) is 32.2. The zero-order valence-electron chi connectivity index (χ0n) is 45.3. The van der Waals surface area contributed by atoms with Crippen molar-refractivity contribution in [3.05, 3.63) is 118 Å². The molecule has 428 valence electrons. The maximum absolute atomic E-state index is 14.3. The van der Waals surface area contributed by atoms with Gasteiger partial charge < -0.3 is 54.3 Å². The van der Waals surface area contributed by atoms with Gasteiger partial charge in [-0.15, -0.1) is 10.2 Å². The minimum atomic E-state index is -5.88. The number of anilines is 10. The Morgan fingerprint density at radius 2 is 0.830 bits per heavy atom. The number of azo groups is 1. The number of hydrogen-bond donors (Lipinski definition) is 6. The molecule has 0 bridgehead atoms. The first-order chi connectivity index (χ1) is 38.0. The minimum Gasteiger partial charge on any atom is -0.744 e. The van der Waals surface area contributed by atoms with Crippen LogP contribution in [0.5, 0.6) is 0 Å². The van der Waals surface area contributed by atoms with E-state index in [1.807, 2.05) is 5.43 Å². The van der Waals surface area contributed by atoms with Crippen LogP contribution < -0.4 is 210 Å². The number of hydrogen-bond acceptors (Lipinski definition) is 34. The topological polar surface area (TPSA) is 561 Å². The van der Waals surface area contributed by atoms with Gasteiger partial charge in [-0.1, -0.05) is 0 Å². The number of aromatic nitrogens is 6. The summed E-state index contributed by atoms with van der Waals surface area (Å²) in [4.78, 5) is 31.5. The number of carbonyl (C=O) groups is 1. The fourth-order valence-corrected chi connectivity index (χ4v) is 10.7. The SMILES string of the molecule is Nc1c(N=Nc2cc(Nc3nc(Cl)nc(Nc4ccc(S(=O)(=O)[O-])cc4)n3)ccc2S(=O)(=O)[O-])c(S(=O)(=O)[O-])cc2c1C(=O)/C(=N/Nc1cc(Nc3nc(Cl)nc(Nc4ccc(S(=O)(=O)[O-])cc4)n3)ccc1S(=O)(=O)[O-])C(S(=O)(=O)[O-])=C2.[Na+].[Na+].[Na+].[Na+].[Na+].[Na+]. The van der Waals surface area contributed by atoms with Gasteiger partial charge in [-0.25, -0.2) is 50.5 Å². The molecule has 1 aliphatic carbocycles. The standard InChI is InChI=1S/C40H29Cl2N15O19S6.6Na/c41-35-48-37(44-18-1-7-22(8-2-18)77(59,60)61)52-39(50-35)46-20-5-11-26(79(65,66)67)24(15-20)54-56-32-28(81(71,72)73)13-17-14-29(82(74,75)76)33(34(58)30(17)31(32)43)57-55-25-16-21(6-12-27(25)80(68,69)70)47-40-51-36(42)49-38(53-40)45-19-3-9-23(10-4-19)78(62,63)64;;;;;;/h1-16,55H,43H2,(H,59,60,61)(H,62,63,64)(H,65,66,67)(H,68,69,70)(H,71,72,73)(H,74,75,76)(H2,44,46,48,50,52)(H2,45,47,49,51,53);;;;;;/q;6*+1/p-6/b56-54?,57-33+;;;;;;. The molecule has 0 saturated heterocycles. The smallest absolute Gasteiger partial charge is 0.744 e. The van der Waals surface area contributed by atoms with Gasteiger partial charge >= 0.3 is 177 Å². The van der Waals surface area contributed by atoms with E-state index in [1.54, 1.807) is 0 Å². The van der Waals surface area contributed by atoms with Crippen LogP contribution >= 0.6 is 23.2 Å². The summed E-state index contributed by atoms with van der Waals surface area (Å²) in [5.74, 6) is -3.04. The van der Waals surface area contributed by atoms with Crippen molar-refractivity contribution in [2.45, 2.75) is 24.5 Å². The van der Waals surface area contributed by atoms with Gasteiger partial charge in [0.05, 0.1) is 46.3 Å². The summed E-state index contributed by atoms with van der Waals surface area (Å²) in [6.07, 6.45) is 0.341. The molecule has 0 unspecified atom stereocenters. The molecule has 0 spiro atoms. The molecule has 0 fully saturated rings. The van der Waals surface area contributed by atoms with Crippen molar-refractivity contribution in [1.29, 1.82) is 0 Å². The molecule has 2 heterocycles. The molecule has 48 heteroatoms. The molecule has 34 nitrogen and oxygen atoms in total. The van der Waals surface area contributed by atoms with Gasteiger partial charge in [0.25, 0.3) is 0 Å². The van der Waals surface area contributed by atoms with Gasteiger partial charge in [-0.2, -0.15) is 35.0 Å². The third kappa shape index (κ3) is 20.8. The second-order valence-corrected chi connectivity index (χ2v) is 24.7. The molecule has 2 aromatic heterocycles. The number of hydrazone groups is 1. The largest absolute Gasteiger partial charge is 1.00 e. The number of nitrogens with two attached hydrogens (primary N) is 1. The normalized spacial score (nSPS) is 12.9. The van der Waals surface area contributed by atoms with Crippen molar-refractivity contribution < 1.29 is 260 Å². The summed E-state index contributed by atoms with van der Waals surface area (Å²) >= 11 is 12.1. The molecular formula is C40H23Cl2N15Na6O19S6. The molecule has 0 radical (unpaired) electrons. The van der Waals surface area contributed by atoms with Crippen LogP contribution in [0.4, 0.5) is 69.3 Å². The second-order valence-electron chi connectivity index (χ2n) is 15.9. The van der Waals surface area contributed by atoms with Crippen LogP contribution in [0.25, 0.3) is 6.08 Å². The molecule has 7 aromatic rings. The first-order valence-electron chi connectivity index (χ1n) is 21.1. The number of nitrogen functional groups attached to an aromatic ring is 1. The number of ketones is 1. The number of halogens is 2. The average molecular weight is 1420 g/mol. The number of nitrogens with zero attached hydrogens (tertiary/aromatic N) is 9. The van der Waals surface area contributed by atoms with Crippen LogP contribution in [0.1, 0.15) is 15.9 Å². The Morgan fingerprint density at radius 1 is 0.443 bits per heavy atom. The van der Waals surface area contributed by atoms with E-state index in [4.69, 9.17) is 28.9 Å². The fraction of sp³-hybridized carbons (Fsp3) is 0. The third-order valence-corrected chi connectivity index (χ3v) is 15.9. The quantitative estimate of drug-likeness (QED) is 0.0153. The van der Waals surface area contributed by atoms with E-state index >= 15 is 0 Å². The van der Waals surface area contributed by atoms with Crippen molar-refractivity contribution in [2.24, 2.45) is 15.3 Å². The molecular weight excluding hydrogens is 1400 g/mol. The van der Waals surface area contributed by atoms with E-state index in [2.05, 4.69) is 66.5 Å². The molecule has 0 amide bonds. The first-order valence-corrected chi connectivity index (χ1v) is 30.4. The summed E-state index contributed by atoms with van der Waals surface area (Å²) in [6, 6.07) is 13.9. The molecule has 0 saturated carbocycles. The number of rotatable bonds is 18. The number of Topliss-reactive ketones (excluding diaryl/α,β-unsaturated/α-hetero) is 1. The van der Waals surface area contributed by atoms with Crippen LogP contribution in [0.3, 0.4) is 0 Å². The Kier molecular flexibility index (Phi) is 29.9. The fourth-order valence-electron chi connectivity index (χ4n) is 6.95. The van der Waals surface area contributed by atoms with E-state index in [0.29, 0.717) is 24.3 Å². The summed E-state index contributed by atoms with van der Waals surface area (Å²) in [5.41, 5.74) is 0.761. The third-order valence-electron chi connectivity index (χ3n) is 10.4. The van der Waals surface area contributed by atoms with Gasteiger partial charge in [0.15, 0.2) is 0 Å². The van der Waals surface area contributed by atoms with Crippen molar-refractivity contribution in [1.82, 2.24) is 29.9 Å². The van der Waals surface area contributed by atoms with E-state index < -0.39 is 158 Å². The molecule has 88 heavy (non-hydrogen) atoms. The van der Waals surface area contributed by atoms with E-state index in [1.165, 1.54) is 24.3 Å². The Hall–Kier alpha value is -2.36. The van der Waals surface area contributed by atoms with Crippen LogP contribution in [0, 0.1) is 0 Å². The Balaban J connectivity index is 0.00000440. The molecule has 5 aromatic carbocycles. The van der Waals surface area contributed by atoms with Crippen molar-refractivity contribution in [3.8, 4) is 0 Å². The number of fused-ring (bicyclic) bond motifs is 1. The predicted molar refractivity (Wildman–Crippen MR) is 276 cm³/mol. The van der Waals surface area contributed by atoms with Gasteiger partial charge in [-0.3, -0.25) is 10.2 Å². The molecule has 7 N–H and O–H groups in total. The molecule has 1 aliphatic rings. The van der Waals surface area contributed by atoms with E-state index in [-0.39, 0.29) is 212 Å². The van der Waals surface area contributed by atoms with Crippen LogP contribution in [-0.4, -0.2) is 119 Å². The Morgan fingerprint density at radius 3 is 1.23 bits per heavy atom. The summed E-state index contributed by atoms with van der Waals surface area (Å²) < 4.78 is 219. The van der Waals surface area contributed by atoms with E-state index in [9.17, 15) is 82.6 Å². The van der Waals surface area contributed by atoms with Gasteiger partial charge in [0.1, 0.15) is 77.8 Å². The minimum absolute atomic E-state index is 0. The summed E-state index contributed by atoms with van der Waals surface area (Å²) in [5, 5.41) is 20.4. The Labute approximate surface area is 640 Å². The summed E-state index contributed by atoms with van der Waals surface area (Å²) in [7, 11) is -32.3. The van der Waals surface area contributed by atoms with E-state index in [0.717, 1.165) is 48.5 Å². The average Bonchev–Trinajstić information content (AvgIpc) is 0.948. The number of carbonyl (C=O) groups excluding carboxylic acids is 1. The summed E-state index contributed by atoms with van der Waals surface area (Å²) in [6.45, 7) is 0. The van der Waals surface area contributed by atoms with Gasteiger partial charge in [0.2, 0.25) is 40.1 Å². The molecule has 8 rings (SSSR count). The van der Waals surface area contributed by atoms with Crippen LogP contribution in [0.2, 0.25) is 10.6 Å². The molecule has 0 atom stereocenters. The first kappa shape index (κ1) is 81.7. The van der Waals surface area contributed by atoms with Crippen molar-refractivity contribution in [3.63, 3.8) is 0 Å². The van der Waals surface area contributed by atoms with Crippen LogP contribution in [0.15, 0.2) is 136 Å². The van der Waals surface area contributed by atoms with Crippen molar-refractivity contribution >= 4 is 171 Å². The number of nitrogens with one attached hydrogen (secondary N) is 5. The zero-order valence-corrected chi connectivity index (χ0v) is 63.7. The maximum atomic E-state index is 14.3. The molecule has 0 aliphatic heterocycles. The van der Waals surface area contributed by atoms with Gasteiger partial charge in [-0.05, 0) is 126 Å².